The van der Waals surface area contributed by atoms with Gasteiger partial charge in [-0.05, 0) is 31.9 Å². The van der Waals surface area contributed by atoms with Crippen molar-refractivity contribution in [1.82, 2.24) is 19.6 Å². The van der Waals surface area contributed by atoms with Crippen LogP contribution in [0.15, 0.2) is 47.0 Å². The number of benzene rings is 1. The van der Waals surface area contributed by atoms with Crippen LogP contribution in [0.3, 0.4) is 0 Å². The molecular weight excluding hydrogens is 314 g/mol. The average molecular weight is 333 g/mol. The largest absolute Gasteiger partial charge is 0.440 e. The van der Waals surface area contributed by atoms with Crippen molar-refractivity contribution in [3.05, 3.63) is 54.2 Å². The van der Waals surface area contributed by atoms with Crippen molar-refractivity contribution in [2.24, 2.45) is 0 Å². The number of anilines is 1. The Labute approximate surface area is 145 Å². The van der Waals surface area contributed by atoms with Crippen molar-refractivity contribution < 1.29 is 4.42 Å². The summed E-state index contributed by atoms with van der Waals surface area (Å²) in [6, 6.07) is 12.0. The van der Waals surface area contributed by atoms with E-state index in [9.17, 15) is 0 Å². The minimum absolute atomic E-state index is 0.375. The van der Waals surface area contributed by atoms with Gasteiger partial charge in [0.05, 0.1) is 6.20 Å². The molecule has 4 aromatic rings. The molecule has 0 unspecified atom stereocenters. The molecule has 25 heavy (non-hydrogen) atoms. The minimum Gasteiger partial charge on any atom is -0.440 e. The molecule has 3 aromatic heterocycles. The van der Waals surface area contributed by atoms with E-state index >= 15 is 0 Å². The Hall–Kier alpha value is -2.89. The topological polar surface area (TPSA) is 59.5 Å². The number of fused-ring (bicyclic) bond motifs is 2. The molecule has 0 N–H and O–H groups in total. The van der Waals surface area contributed by atoms with Crippen LogP contribution >= 0.6 is 0 Å². The number of para-hydroxylation sites is 2. The van der Waals surface area contributed by atoms with E-state index in [1.54, 1.807) is 6.20 Å². The summed E-state index contributed by atoms with van der Waals surface area (Å²) in [4.78, 5) is 11.6. The third-order valence-electron chi connectivity index (χ3n) is 4.95. The molecule has 0 radical (unpaired) electrons. The Morgan fingerprint density at radius 3 is 2.76 bits per heavy atom. The van der Waals surface area contributed by atoms with Crippen molar-refractivity contribution in [3.63, 3.8) is 0 Å². The fraction of sp³-hybridized carbons (Fsp3) is 0.316. The average Bonchev–Trinajstić information content (AvgIpc) is 3.27. The molecule has 126 valence electrons. The van der Waals surface area contributed by atoms with Gasteiger partial charge < -0.3 is 9.32 Å². The Kier molecular flexibility index (Phi) is 3.23. The number of nitrogens with zero attached hydrogens (tertiary/aromatic N) is 5. The van der Waals surface area contributed by atoms with Gasteiger partial charge in [-0.1, -0.05) is 12.1 Å². The second-order valence-electron chi connectivity index (χ2n) is 6.64. The van der Waals surface area contributed by atoms with Crippen molar-refractivity contribution in [2.45, 2.75) is 25.7 Å². The van der Waals surface area contributed by atoms with Crippen molar-refractivity contribution in [3.8, 4) is 0 Å². The van der Waals surface area contributed by atoms with E-state index in [-0.39, 0.29) is 0 Å². The summed E-state index contributed by atoms with van der Waals surface area (Å²) >= 11 is 0. The van der Waals surface area contributed by atoms with E-state index in [0.29, 0.717) is 5.92 Å². The molecular formula is C19H19N5O. The van der Waals surface area contributed by atoms with E-state index < -0.39 is 0 Å². The van der Waals surface area contributed by atoms with Crippen LogP contribution in [0.5, 0.6) is 0 Å². The van der Waals surface area contributed by atoms with Gasteiger partial charge >= 0.3 is 0 Å². The SMILES string of the molecule is Cc1cc(N2CCC(c3nc4ccccc4o3)CC2)n2nccc2n1. The van der Waals surface area contributed by atoms with E-state index in [1.807, 2.05) is 41.8 Å². The van der Waals surface area contributed by atoms with Crippen LogP contribution in [0.25, 0.3) is 16.7 Å². The summed E-state index contributed by atoms with van der Waals surface area (Å²) in [5.41, 5.74) is 3.74. The Morgan fingerprint density at radius 2 is 1.92 bits per heavy atom. The summed E-state index contributed by atoms with van der Waals surface area (Å²) in [6.45, 7) is 3.95. The second-order valence-corrected chi connectivity index (χ2v) is 6.64. The van der Waals surface area contributed by atoms with Gasteiger partial charge in [0, 0.05) is 36.8 Å². The molecule has 1 fully saturated rings. The van der Waals surface area contributed by atoms with E-state index in [2.05, 4.69) is 26.0 Å². The maximum absolute atomic E-state index is 5.97. The predicted octanol–water partition coefficient (Wildman–Crippen LogP) is 3.56. The predicted molar refractivity (Wildman–Crippen MR) is 95.9 cm³/mol. The van der Waals surface area contributed by atoms with Crippen LogP contribution in [0.1, 0.15) is 30.3 Å². The molecule has 1 saturated heterocycles. The van der Waals surface area contributed by atoms with Gasteiger partial charge in [-0.2, -0.15) is 9.61 Å². The highest BCUT2D eigenvalue weighted by Gasteiger charge is 2.26. The summed E-state index contributed by atoms with van der Waals surface area (Å²) in [6.07, 6.45) is 3.85. The first-order valence-electron chi connectivity index (χ1n) is 8.70. The van der Waals surface area contributed by atoms with E-state index in [0.717, 1.165) is 60.1 Å². The van der Waals surface area contributed by atoms with Crippen LogP contribution in [0.2, 0.25) is 0 Å². The van der Waals surface area contributed by atoms with Gasteiger partial charge in [-0.3, -0.25) is 0 Å². The maximum Gasteiger partial charge on any atom is 0.198 e. The fourth-order valence-corrected chi connectivity index (χ4v) is 3.66. The molecule has 1 aliphatic rings. The Morgan fingerprint density at radius 1 is 1.08 bits per heavy atom. The third kappa shape index (κ3) is 2.45. The van der Waals surface area contributed by atoms with Gasteiger partial charge in [0.1, 0.15) is 11.3 Å². The molecule has 6 heteroatoms. The summed E-state index contributed by atoms with van der Waals surface area (Å²) in [5.74, 6) is 2.36. The third-order valence-corrected chi connectivity index (χ3v) is 4.95. The van der Waals surface area contributed by atoms with Gasteiger partial charge in [0.25, 0.3) is 0 Å². The lowest BCUT2D eigenvalue weighted by atomic mass is 9.97. The maximum atomic E-state index is 5.97. The zero-order valence-corrected chi connectivity index (χ0v) is 14.1. The first-order valence-corrected chi connectivity index (χ1v) is 8.70. The molecule has 1 aliphatic heterocycles. The first-order chi connectivity index (χ1) is 12.3. The zero-order valence-electron chi connectivity index (χ0n) is 14.1. The van der Waals surface area contributed by atoms with Crippen LogP contribution < -0.4 is 4.90 Å². The number of hydrogen-bond acceptors (Lipinski definition) is 5. The molecule has 1 aromatic carbocycles. The summed E-state index contributed by atoms with van der Waals surface area (Å²) in [5, 5.41) is 4.42. The van der Waals surface area contributed by atoms with Crippen molar-refractivity contribution in [2.75, 3.05) is 18.0 Å². The monoisotopic (exact) mass is 333 g/mol. The summed E-state index contributed by atoms with van der Waals surface area (Å²) < 4.78 is 7.89. The molecule has 0 bridgehead atoms. The lowest BCUT2D eigenvalue weighted by Crippen LogP contribution is -2.34. The van der Waals surface area contributed by atoms with Gasteiger partial charge in [0.15, 0.2) is 17.1 Å². The lowest BCUT2D eigenvalue weighted by molar-refractivity contribution is 0.405. The molecule has 0 amide bonds. The highest BCUT2D eigenvalue weighted by atomic mass is 16.3. The molecule has 0 atom stereocenters. The summed E-state index contributed by atoms with van der Waals surface area (Å²) in [7, 11) is 0. The van der Waals surface area contributed by atoms with Crippen LogP contribution in [-0.2, 0) is 0 Å². The number of hydrogen-bond donors (Lipinski definition) is 0. The standard InChI is InChI=1S/C19H19N5O/c1-13-12-18(24-17(21-13)6-9-20-24)23-10-7-14(8-11-23)19-22-15-4-2-3-5-16(15)25-19/h2-6,9,12,14H,7-8,10-11H2,1H3. The van der Waals surface area contributed by atoms with Gasteiger partial charge in [0.2, 0.25) is 0 Å². The molecule has 0 spiro atoms. The zero-order chi connectivity index (χ0) is 16.8. The Bertz CT molecular complexity index is 1010. The number of aromatic nitrogens is 4. The quantitative estimate of drug-likeness (QED) is 0.561. The second kappa shape index (κ2) is 5.58. The highest BCUT2D eigenvalue weighted by molar-refractivity contribution is 5.72. The number of piperidine rings is 1. The van der Waals surface area contributed by atoms with Crippen LogP contribution in [0.4, 0.5) is 5.82 Å². The smallest absolute Gasteiger partial charge is 0.198 e. The molecule has 0 aliphatic carbocycles. The van der Waals surface area contributed by atoms with Gasteiger partial charge in [-0.25, -0.2) is 9.97 Å². The highest BCUT2D eigenvalue weighted by Crippen LogP contribution is 2.32. The number of aryl methyl sites for hydroxylation is 1. The first kappa shape index (κ1) is 14.5. The molecule has 6 nitrogen and oxygen atoms in total. The fourth-order valence-electron chi connectivity index (χ4n) is 3.66. The van der Waals surface area contributed by atoms with Crippen LogP contribution in [0, 0.1) is 6.92 Å². The van der Waals surface area contributed by atoms with Crippen molar-refractivity contribution in [1.29, 1.82) is 0 Å². The number of oxazole rings is 1. The normalized spacial score (nSPS) is 16.1. The number of rotatable bonds is 2. The lowest BCUT2D eigenvalue weighted by Gasteiger charge is -2.32. The van der Waals surface area contributed by atoms with E-state index in [4.69, 9.17) is 4.42 Å². The van der Waals surface area contributed by atoms with Crippen LogP contribution in [-0.4, -0.2) is 32.7 Å². The molecule has 4 heterocycles. The van der Waals surface area contributed by atoms with Gasteiger partial charge in [-0.15, -0.1) is 0 Å². The molecule has 5 rings (SSSR count). The minimum atomic E-state index is 0.375. The Balaban J connectivity index is 1.39. The van der Waals surface area contributed by atoms with E-state index in [1.165, 1.54) is 0 Å². The van der Waals surface area contributed by atoms with Crippen molar-refractivity contribution >= 4 is 22.6 Å². The molecule has 0 saturated carbocycles.